The molecular weight excluding hydrogens is 713 g/mol. The summed E-state index contributed by atoms with van der Waals surface area (Å²) in [5.74, 6) is 4.21. The summed E-state index contributed by atoms with van der Waals surface area (Å²) in [4.78, 5) is 42.1. The van der Waals surface area contributed by atoms with Crippen molar-refractivity contribution in [2.45, 2.75) is 19.5 Å². The van der Waals surface area contributed by atoms with Crippen molar-refractivity contribution in [2.24, 2.45) is 0 Å². The van der Waals surface area contributed by atoms with E-state index < -0.39 is 0 Å². The Labute approximate surface area is 326 Å². The van der Waals surface area contributed by atoms with Gasteiger partial charge >= 0.3 is 0 Å². The van der Waals surface area contributed by atoms with Gasteiger partial charge in [-0.15, -0.1) is 0 Å². The molecule has 2 fully saturated rings. The van der Waals surface area contributed by atoms with Crippen LogP contribution in [0.15, 0.2) is 79.1 Å². The number of hydrogen-bond acceptors (Lipinski definition) is 13. The van der Waals surface area contributed by atoms with Gasteiger partial charge in [0, 0.05) is 74.9 Å². The van der Waals surface area contributed by atoms with E-state index in [-0.39, 0.29) is 5.91 Å². The van der Waals surface area contributed by atoms with Gasteiger partial charge in [-0.25, -0.2) is 15.0 Å². The Kier molecular flexibility index (Phi) is 11.1. The molecule has 0 atom stereocenters. The third-order valence-electron chi connectivity index (χ3n) is 10.4. The van der Waals surface area contributed by atoms with Gasteiger partial charge in [0.15, 0.2) is 0 Å². The molecule has 0 N–H and O–H groups in total. The lowest BCUT2D eigenvalue weighted by Crippen LogP contribution is -2.40. The molecule has 0 spiro atoms. The number of nitrogens with zero attached hydrogens (tertiary/aromatic N) is 8. The van der Waals surface area contributed by atoms with Gasteiger partial charge in [0.05, 0.1) is 59.1 Å². The monoisotopic (exact) mass is 758 g/mol. The van der Waals surface area contributed by atoms with Crippen LogP contribution < -0.4 is 28.9 Å². The van der Waals surface area contributed by atoms with Crippen LogP contribution in [0.5, 0.6) is 17.2 Å². The number of amides is 1. The topological polar surface area (TPSA) is 128 Å². The number of aromatic nitrogens is 4. The lowest BCUT2D eigenvalue weighted by atomic mass is 10.1. The number of carbonyl (C=O) groups excluding carboxylic acids is 1. The fraction of sp³-hybridized carbons (Fsp3) is 0.357. The Morgan fingerprint density at radius 2 is 1.34 bits per heavy atom. The van der Waals surface area contributed by atoms with Crippen LogP contribution in [0, 0.1) is 0 Å². The minimum Gasteiger partial charge on any atom is -0.497 e. The summed E-state index contributed by atoms with van der Waals surface area (Å²) in [7, 11) is 4.98. The second-order valence-corrected chi connectivity index (χ2v) is 13.8. The van der Waals surface area contributed by atoms with Gasteiger partial charge in [-0.3, -0.25) is 4.79 Å². The first-order valence-electron chi connectivity index (χ1n) is 18.9. The minimum atomic E-state index is -0.0285. The number of morpholine rings is 2. The van der Waals surface area contributed by atoms with Crippen LogP contribution in [-0.4, -0.2) is 111 Å². The molecule has 56 heavy (non-hydrogen) atoms. The highest BCUT2D eigenvalue weighted by Gasteiger charge is 2.32. The molecule has 0 radical (unpaired) electrons. The number of methoxy groups -OCH3 is 3. The van der Waals surface area contributed by atoms with E-state index in [1.54, 1.807) is 21.3 Å². The molecule has 0 unspecified atom stereocenters. The Hall–Kier alpha value is -5.99. The van der Waals surface area contributed by atoms with Crippen molar-refractivity contribution in [3.63, 3.8) is 0 Å². The summed E-state index contributed by atoms with van der Waals surface area (Å²) in [5.41, 5.74) is 6.13. The van der Waals surface area contributed by atoms with Crippen molar-refractivity contribution in [1.29, 1.82) is 0 Å². The highest BCUT2D eigenvalue weighted by Crippen LogP contribution is 2.43. The van der Waals surface area contributed by atoms with Crippen LogP contribution in [0.4, 0.5) is 23.4 Å². The van der Waals surface area contributed by atoms with Crippen LogP contribution in [0.2, 0.25) is 0 Å². The van der Waals surface area contributed by atoms with Gasteiger partial charge in [-0.2, -0.15) is 4.98 Å². The van der Waals surface area contributed by atoms with E-state index in [2.05, 4.69) is 39.0 Å². The van der Waals surface area contributed by atoms with Crippen LogP contribution in [-0.2, 0) is 29.0 Å². The zero-order valence-electron chi connectivity index (χ0n) is 32.0. The number of fused-ring (bicyclic) bond motifs is 1. The Morgan fingerprint density at radius 1 is 0.732 bits per heavy atom. The number of carbonyl (C=O) groups is 1. The standard InChI is InChI=1S/C42H46N8O6/c1-52-33-9-4-29(5-10-33)27-49(28-30-6-11-34(53-2)12-7-30)41-43-25-32(26-44-41)38-35-14-15-50(39(35)46-42(45-38)48-18-22-56-23-19-48)36-24-31(8-13-37(36)54-3)40(51)47-16-20-55-21-17-47/h4-13,24-26H,14-23,27-28H2,1-3H3. The lowest BCUT2D eigenvalue weighted by molar-refractivity contribution is 0.0303. The molecule has 3 aliphatic rings. The molecule has 14 nitrogen and oxygen atoms in total. The zero-order valence-corrected chi connectivity index (χ0v) is 32.0. The van der Waals surface area contributed by atoms with Crippen LogP contribution in [0.1, 0.15) is 27.0 Å². The average molecular weight is 759 g/mol. The molecule has 3 aromatic carbocycles. The minimum absolute atomic E-state index is 0.0285. The van der Waals surface area contributed by atoms with Crippen LogP contribution >= 0.6 is 0 Å². The molecular formula is C42H46N8O6. The molecule has 1 amide bonds. The average Bonchev–Trinajstić information content (AvgIpc) is 3.70. The molecule has 8 rings (SSSR count). The summed E-state index contributed by atoms with van der Waals surface area (Å²) in [5, 5.41) is 0. The Morgan fingerprint density at radius 3 is 1.93 bits per heavy atom. The molecule has 0 saturated carbocycles. The molecule has 3 aliphatic heterocycles. The Bertz CT molecular complexity index is 2070. The van der Waals surface area contributed by atoms with Gasteiger partial charge in [0.25, 0.3) is 5.91 Å². The van der Waals surface area contributed by atoms with Crippen molar-refractivity contribution < 1.29 is 28.5 Å². The molecule has 2 saturated heterocycles. The number of ether oxygens (including phenoxy) is 5. The van der Waals surface area contributed by atoms with E-state index in [9.17, 15) is 4.79 Å². The van der Waals surface area contributed by atoms with Crippen molar-refractivity contribution in [3.05, 3.63) is 101 Å². The smallest absolute Gasteiger partial charge is 0.254 e. The first kappa shape index (κ1) is 37.0. The number of anilines is 4. The van der Waals surface area contributed by atoms with Gasteiger partial charge in [-0.05, 0) is 60.0 Å². The maximum Gasteiger partial charge on any atom is 0.254 e. The molecule has 5 heterocycles. The fourth-order valence-corrected chi connectivity index (χ4v) is 7.31. The summed E-state index contributed by atoms with van der Waals surface area (Å²) < 4.78 is 27.8. The summed E-state index contributed by atoms with van der Waals surface area (Å²) >= 11 is 0. The predicted octanol–water partition coefficient (Wildman–Crippen LogP) is 5.17. The third kappa shape index (κ3) is 7.88. The molecule has 290 valence electrons. The van der Waals surface area contributed by atoms with Crippen molar-refractivity contribution >= 4 is 29.3 Å². The first-order valence-corrected chi connectivity index (χ1v) is 18.9. The van der Waals surface area contributed by atoms with E-state index in [1.807, 2.05) is 59.8 Å². The number of benzene rings is 3. The molecule has 14 heteroatoms. The second-order valence-electron chi connectivity index (χ2n) is 13.8. The molecule has 5 aromatic rings. The van der Waals surface area contributed by atoms with Crippen molar-refractivity contribution in [2.75, 3.05) is 95.2 Å². The highest BCUT2D eigenvalue weighted by atomic mass is 16.5. The zero-order chi connectivity index (χ0) is 38.4. The number of hydrogen-bond donors (Lipinski definition) is 0. The van der Waals surface area contributed by atoms with Crippen LogP contribution in [0.25, 0.3) is 11.3 Å². The molecule has 0 bridgehead atoms. The van der Waals surface area contributed by atoms with Gasteiger partial charge < -0.3 is 43.3 Å². The van der Waals surface area contributed by atoms with E-state index in [0.29, 0.717) is 102 Å². The highest BCUT2D eigenvalue weighted by molar-refractivity contribution is 5.96. The maximum atomic E-state index is 13.6. The fourth-order valence-electron chi connectivity index (χ4n) is 7.31. The number of rotatable bonds is 12. The van der Waals surface area contributed by atoms with E-state index in [0.717, 1.165) is 51.0 Å². The van der Waals surface area contributed by atoms with Gasteiger partial charge in [0.1, 0.15) is 23.1 Å². The van der Waals surface area contributed by atoms with Crippen molar-refractivity contribution in [1.82, 2.24) is 24.8 Å². The molecule has 2 aromatic heterocycles. The maximum absolute atomic E-state index is 13.6. The first-order chi connectivity index (χ1) is 27.5. The van der Waals surface area contributed by atoms with Gasteiger partial charge in [-0.1, -0.05) is 24.3 Å². The quantitative estimate of drug-likeness (QED) is 0.166. The third-order valence-corrected chi connectivity index (χ3v) is 10.4. The summed E-state index contributed by atoms with van der Waals surface area (Å²) in [6, 6.07) is 21.7. The summed E-state index contributed by atoms with van der Waals surface area (Å²) in [6.45, 7) is 6.53. The normalized spacial score (nSPS) is 15.4. The van der Waals surface area contributed by atoms with E-state index in [1.165, 1.54) is 0 Å². The van der Waals surface area contributed by atoms with E-state index in [4.69, 9.17) is 43.6 Å². The van der Waals surface area contributed by atoms with Crippen LogP contribution in [0.3, 0.4) is 0 Å². The van der Waals surface area contributed by atoms with Crippen molar-refractivity contribution in [3.8, 4) is 28.5 Å². The van der Waals surface area contributed by atoms with Gasteiger partial charge in [0.2, 0.25) is 11.9 Å². The summed E-state index contributed by atoms with van der Waals surface area (Å²) in [6.07, 6.45) is 4.39. The predicted molar refractivity (Wildman–Crippen MR) is 212 cm³/mol. The Balaban J connectivity index is 1.15. The molecule has 0 aliphatic carbocycles. The van der Waals surface area contributed by atoms with E-state index >= 15 is 0 Å². The SMILES string of the molecule is COc1ccc(CN(Cc2ccc(OC)cc2)c2ncc(-c3nc(N4CCOCC4)nc4c3CCN4c3cc(C(=O)N4CCOCC4)ccc3OC)cn2)cc1. The largest absolute Gasteiger partial charge is 0.497 e. The second kappa shape index (κ2) is 16.8. The lowest BCUT2D eigenvalue weighted by Gasteiger charge is -2.29.